The van der Waals surface area contributed by atoms with Crippen LogP contribution in [0.3, 0.4) is 0 Å². The zero-order valence-electron chi connectivity index (χ0n) is 13.8. The number of hydrogen-bond donors (Lipinski definition) is 1. The number of aryl methyl sites for hydroxylation is 1. The molecule has 1 aromatic carbocycles. The van der Waals surface area contributed by atoms with Gasteiger partial charge in [0.25, 0.3) is 0 Å². The van der Waals surface area contributed by atoms with Gasteiger partial charge in [0.2, 0.25) is 11.8 Å². The maximum Gasteiger partial charge on any atom is 0.245 e. The molecule has 2 aliphatic rings. The number of nitrogens with one attached hydrogen (secondary N) is 1. The van der Waals surface area contributed by atoms with E-state index in [1.54, 1.807) is 17.0 Å². The highest BCUT2D eigenvalue weighted by Crippen LogP contribution is 2.31. The molecule has 128 valence electrons. The third-order valence-electron chi connectivity index (χ3n) is 5.09. The fourth-order valence-electron chi connectivity index (χ4n) is 3.71. The lowest BCUT2D eigenvalue weighted by molar-refractivity contribution is -0.132. The topological polar surface area (TPSA) is 49.4 Å². The van der Waals surface area contributed by atoms with Gasteiger partial charge in [-0.25, -0.2) is 4.39 Å². The molecular formula is C19H23FN2O2. The Balaban J connectivity index is 1.61. The Morgan fingerprint density at radius 3 is 2.71 bits per heavy atom. The van der Waals surface area contributed by atoms with Gasteiger partial charge in [-0.2, -0.15) is 0 Å². The molecule has 0 radical (unpaired) electrons. The highest BCUT2D eigenvalue weighted by Gasteiger charge is 2.29. The van der Waals surface area contributed by atoms with Crippen LogP contribution in [-0.2, 0) is 16.0 Å². The zero-order valence-corrected chi connectivity index (χ0v) is 13.8. The van der Waals surface area contributed by atoms with Crippen molar-refractivity contribution in [2.24, 2.45) is 5.92 Å². The van der Waals surface area contributed by atoms with E-state index in [2.05, 4.69) is 11.9 Å². The third-order valence-corrected chi connectivity index (χ3v) is 5.09. The first-order valence-electron chi connectivity index (χ1n) is 8.58. The summed E-state index contributed by atoms with van der Waals surface area (Å²) in [5, 5.41) is 3.14. The number of likely N-dealkylation sites (tertiary alicyclic amines) is 1. The van der Waals surface area contributed by atoms with Crippen LogP contribution in [-0.4, -0.2) is 29.8 Å². The smallest absolute Gasteiger partial charge is 0.245 e. The summed E-state index contributed by atoms with van der Waals surface area (Å²) < 4.78 is 13.4. The number of halogens is 1. The van der Waals surface area contributed by atoms with E-state index in [0.29, 0.717) is 25.9 Å². The summed E-state index contributed by atoms with van der Waals surface area (Å²) in [4.78, 5) is 25.9. The van der Waals surface area contributed by atoms with Crippen molar-refractivity contribution in [3.05, 3.63) is 47.8 Å². The first-order valence-corrected chi connectivity index (χ1v) is 8.58. The number of amides is 2. The van der Waals surface area contributed by atoms with Crippen LogP contribution in [0, 0.1) is 11.7 Å². The highest BCUT2D eigenvalue weighted by molar-refractivity contribution is 5.87. The summed E-state index contributed by atoms with van der Waals surface area (Å²) in [6.45, 7) is 4.68. The summed E-state index contributed by atoms with van der Waals surface area (Å²) in [7, 11) is 0. The molecule has 2 amide bonds. The molecule has 1 aromatic rings. The van der Waals surface area contributed by atoms with Gasteiger partial charge in [0.15, 0.2) is 0 Å². The standard InChI is InChI=1S/C19H23FN2O2/c1-2-18(23)22-10-8-13(9-11-22)19(24)21-17-5-3-4-14-12-15(20)6-7-16(14)17/h2,6-7,12-13,17H,1,3-5,8-11H2,(H,21,24). The average molecular weight is 330 g/mol. The van der Waals surface area contributed by atoms with Gasteiger partial charge >= 0.3 is 0 Å². The average Bonchev–Trinajstić information content (AvgIpc) is 2.61. The second-order valence-corrected chi connectivity index (χ2v) is 6.60. The number of nitrogens with zero attached hydrogens (tertiary/aromatic N) is 1. The Bertz CT molecular complexity index is 651. The molecule has 0 aromatic heterocycles. The Morgan fingerprint density at radius 1 is 1.25 bits per heavy atom. The first-order chi connectivity index (χ1) is 11.6. The minimum absolute atomic E-state index is 0.0327. The lowest BCUT2D eigenvalue weighted by Crippen LogP contribution is -2.43. The monoisotopic (exact) mass is 330 g/mol. The van der Waals surface area contributed by atoms with E-state index in [1.807, 2.05) is 0 Å². The van der Waals surface area contributed by atoms with E-state index in [1.165, 1.54) is 12.1 Å². The van der Waals surface area contributed by atoms with Gasteiger partial charge in [0.05, 0.1) is 6.04 Å². The third kappa shape index (κ3) is 3.50. The molecule has 1 fully saturated rings. The van der Waals surface area contributed by atoms with Crippen LogP contribution in [0.2, 0.25) is 0 Å². The number of carbonyl (C=O) groups is 2. The maximum atomic E-state index is 13.4. The molecule has 4 nitrogen and oxygen atoms in total. The van der Waals surface area contributed by atoms with Crippen LogP contribution < -0.4 is 5.32 Å². The molecular weight excluding hydrogens is 307 g/mol. The molecule has 5 heteroatoms. The molecule has 1 N–H and O–H groups in total. The predicted molar refractivity (Wildman–Crippen MR) is 89.7 cm³/mol. The summed E-state index contributed by atoms with van der Waals surface area (Å²) in [6.07, 6.45) is 5.37. The van der Waals surface area contributed by atoms with E-state index in [9.17, 15) is 14.0 Å². The molecule has 0 bridgehead atoms. The van der Waals surface area contributed by atoms with Gasteiger partial charge in [0.1, 0.15) is 5.82 Å². The summed E-state index contributed by atoms with van der Waals surface area (Å²) in [5.74, 6) is -0.315. The van der Waals surface area contributed by atoms with Crippen LogP contribution >= 0.6 is 0 Å². The molecule has 1 aliphatic heterocycles. The molecule has 0 spiro atoms. The summed E-state index contributed by atoms with van der Waals surface area (Å²) >= 11 is 0. The number of rotatable bonds is 3. The molecule has 0 saturated carbocycles. The van der Waals surface area contributed by atoms with E-state index in [-0.39, 0.29) is 29.6 Å². The zero-order chi connectivity index (χ0) is 17.1. The molecule has 1 atom stereocenters. The van der Waals surface area contributed by atoms with Gasteiger partial charge in [-0.3, -0.25) is 9.59 Å². The van der Waals surface area contributed by atoms with Crippen LogP contribution in [0.15, 0.2) is 30.9 Å². The highest BCUT2D eigenvalue weighted by atomic mass is 19.1. The largest absolute Gasteiger partial charge is 0.349 e. The number of piperidine rings is 1. The van der Waals surface area contributed by atoms with Crippen molar-refractivity contribution in [2.75, 3.05) is 13.1 Å². The molecule has 3 rings (SSSR count). The van der Waals surface area contributed by atoms with Crippen molar-refractivity contribution in [3.63, 3.8) is 0 Å². The Hall–Kier alpha value is -2.17. The number of fused-ring (bicyclic) bond motifs is 1. The Kier molecular flexibility index (Phi) is 4.97. The van der Waals surface area contributed by atoms with Gasteiger partial charge in [0, 0.05) is 19.0 Å². The lowest BCUT2D eigenvalue weighted by atomic mass is 9.86. The van der Waals surface area contributed by atoms with Crippen molar-refractivity contribution in [3.8, 4) is 0 Å². The Labute approximate surface area is 141 Å². The normalized spacial score (nSPS) is 21.0. The molecule has 1 aliphatic carbocycles. The quantitative estimate of drug-likeness (QED) is 0.867. The fourth-order valence-corrected chi connectivity index (χ4v) is 3.71. The van der Waals surface area contributed by atoms with Crippen LogP contribution in [0.1, 0.15) is 42.9 Å². The second kappa shape index (κ2) is 7.16. The minimum atomic E-state index is -0.222. The van der Waals surface area contributed by atoms with Crippen molar-refractivity contribution in [2.45, 2.75) is 38.1 Å². The van der Waals surface area contributed by atoms with Gasteiger partial charge in [-0.15, -0.1) is 0 Å². The van der Waals surface area contributed by atoms with E-state index >= 15 is 0 Å². The van der Waals surface area contributed by atoms with Crippen LogP contribution in [0.25, 0.3) is 0 Å². The van der Waals surface area contributed by atoms with Crippen molar-refractivity contribution in [1.82, 2.24) is 10.2 Å². The maximum absolute atomic E-state index is 13.4. The van der Waals surface area contributed by atoms with Crippen LogP contribution in [0.5, 0.6) is 0 Å². The molecule has 1 heterocycles. The van der Waals surface area contributed by atoms with Crippen LogP contribution in [0.4, 0.5) is 4.39 Å². The van der Waals surface area contributed by atoms with E-state index in [0.717, 1.165) is 30.4 Å². The minimum Gasteiger partial charge on any atom is -0.349 e. The van der Waals surface area contributed by atoms with E-state index in [4.69, 9.17) is 0 Å². The summed E-state index contributed by atoms with van der Waals surface area (Å²) in [6, 6.07) is 4.80. The number of benzene rings is 1. The van der Waals surface area contributed by atoms with Gasteiger partial charge in [-0.1, -0.05) is 12.6 Å². The van der Waals surface area contributed by atoms with Crippen molar-refractivity contribution < 1.29 is 14.0 Å². The SMILES string of the molecule is C=CC(=O)N1CCC(C(=O)NC2CCCc3cc(F)ccc32)CC1. The molecule has 1 saturated heterocycles. The molecule has 1 unspecified atom stereocenters. The lowest BCUT2D eigenvalue weighted by Gasteiger charge is -2.33. The van der Waals surface area contributed by atoms with Crippen molar-refractivity contribution in [1.29, 1.82) is 0 Å². The van der Waals surface area contributed by atoms with Crippen molar-refractivity contribution >= 4 is 11.8 Å². The van der Waals surface area contributed by atoms with Gasteiger partial charge < -0.3 is 10.2 Å². The van der Waals surface area contributed by atoms with Gasteiger partial charge in [-0.05, 0) is 61.4 Å². The fraction of sp³-hybridized carbons (Fsp3) is 0.474. The number of carbonyl (C=O) groups excluding carboxylic acids is 2. The molecule has 24 heavy (non-hydrogen) atoms. The second-order valence-electron chi connectivity index (χ2n) is 6.60. The Morgan fingerprint density at radius 2 is 2.00 bits per heavy atom. The van der Waals surface area contributed by atoms with E-state index < -0.39 is 0 Å². The summed E-state index contributed by atoms with van der Waals surface area (Å²) in [5.41, 5.74) is 2.04. The number of hydrogen-bond acceptors (Lipinski definition) is 2. The predicted octanol–water partition coefficient (Wildman–Crippen LogP) is 2.74. The first kappa shape index (κ1) is 16.7.